The standard InChI is InChI=1S/C33H42N6O5/c1-33(2,3)38-19-9-14-26(38)30(42)37-29(27(40)18-15-21-10-5-4-6-11-21)39(31(43)23(34)20-28(35)41)32(44)25-17-16-22-12-7-8-13-24(22)36-25/h4-8,10-13,16-17,23,26-27,29,40H,9,14-15,18-20,34H2,1-3H3,(H2,35,41)(H,37,42)/t23-,26-,27+,29?/m0/s1. The van der Waals surface area contributed by atoms with E-state index in [1.54, 1.807) is 18.2 Å². The topological polar surface area (TPSA) is 172 Å². The number of amides is 4. The molecule has 4 atom stereocenters. The average Bonchev–Trinajstić information content (AvgIpc) is 3.50. The van der Waals surface area contributed by atoms with Gasteiger partial charge in [-0.3, -0.25) is 29.0 Å². The monoisotopic (exact) mass is 602 g/mol. The van der Waals surface area contributed by atoms with Gasteiger partial charge in [-0.1, -0.05) is 54.6 Å². The molecular weight excluding hydrogens is 560 g/mol. The number of likely N-dealkylation sites (tertiary alicyclic amines) is 1. The SMILES string of the molecule is CC(C)(C)N1CCC[C@H]1C(=O)NC([C@H](O)CCc1ccccc1)N(C(=O)c1ccc2ccccc2n1)C(=O)[C@@H](N)CC(N)=O. The van der Waals surface area contributed by atoms with Crippen LogP contribution in [0.15, 0.2) is 66.7 Å². The number of aromatic nitrogens is 1. The van der Waals surface area contributed by atoms with Crippen LogP contribution >= 0.6 is 0 Å². The van der Waals surface area contributed by atoms with Crippen molar-refractivity contribution >= 4 is 34.5 Å². The Bertz CT molecular complexity index is 1490. The Kier molecular flexibility index (Phi) is 10.5. The van der Waals surface area contributed by atoms with Crippen molar-refractivity contribution in [3.8, 4) is 0 Å². The minimum absolute atomic E-state index is 0.0879. The number of carbonyl (C=O) groups is 4. The fraction of sp³-hybridized carbons (Fsp3) is 0.424. The van der Waals surface area contributed by atoms with Crippen LogP contribution in [-0.2, 0) is 20.8 Å². The molecule has 1 fully saturated rings. The van der Waals surface area contributed by atoms with Crippen LogP contribution in [-0.4, -0.2) is 80.0 Å². The first-order valence-electron chi connectivity index (χ1n) is 14.9. The Morgan fingerprint density at radius 3 is 2.41 bits per heavy atom. The number of pyridine rings is 1. The van der Waals surface area contributed by atoms with Crippen LogP contribution in [0.1, 0.15) is 62.5 Å². The third-order valence-electron chi connectivity index (χ3n) is 7.93. The number of primary amides is 1. The summed E-state index contributed by atoms with van der Waals surface area (Å²) in [4.78, 5) is 60.9. The lowest BCUT2D eigenvalue weighted by Gasteiger charge is -2.39. The molecule has 3 aromatic rings. The highest BCUT2D eigenvalue weighted by atomic mass is 16.3. The molecule has 2 heterocycles. The van der Waals surface area contributed by atoms with Gasteiger partial charge in [0.25, 0.3) is 5.91 Å². The molecule has 0 spiro atoms. The van der Waals surface area contributed by atoms with Gasteiger partial charge in [0, 0.05) is 10.9 Å². The zero-order chi connectivity index (χ0) is 32.0. The van der Waals surface area contributed by atoms with E-state index in [0.29, 0.717) is 24.9 Å². The number of rotatable bonds is 11. The van der Waals surface area contributed by atoms with E-state index in [1.165, 1.54) is 6.07 Å². The minimum Gasteiger partial charge on any atom is -0.389 e. The first kappa shape index (κ1) is 32.7. The smallest absolute Gasteiger partial charge is 0.280 e. The van der Waals surface area contributed by atoms with Crippen LogP contribution in [0, 0.1) is 0 Å². The highest BCUT2D eigenvalue weighted by Crippen LogP contribution is 2.27. The van der Waals surface area contributed by atoms with Gasteiger partial charge >= 0.3 is 0 Å². The number of fused-ring (bicyclic) bond motifs is 1. The molecule has 1 aromatic heterocycles. The number of aryl methyl sites for hydroxylation is 1. The van der Waals surface area contributed by atoms with E-state index in [1.807, 2.05) is 63.2 Å². The summed E-state index contributed by atoms with van der Waals surface area (Å²) in [6.07, 6.45) is -1.53. The van der Waals surface area contributed by atoms with Gasteiger partial charge in [-0.15, -0.1) is 0 Å². The van der Waals surface area contributed by atoms with Gasteiger partial charge < -0.3 is 21.9 Å². The van der Waals surface area contributed by atoms with Crippen molar-refractivity contribution in [3.05, 3.63) is 78.0 Å². The second-order valence-corrected chi connectivity index (χ2v) is 12.2. The Labute approximate surface area is 257 Å². The van der Waals surface area contributed by atoms with Gasteiger partial charge in [0.2, 0.25) is 17.7 Å². The number of hydrogen-bond acceptors (Lipinski definition) is 8. The summed E-state index contributed by atoms with van der Waals surface area (Å²) in [5.41, 5.74) is 12.5. The third-order valence-corrected chi connectivity index (χ3v) is 7.93. The predicted octanol–water partition coefficient (Wildman–Crippen LogP) is 2.11. The van der Waals surface area contributed by atoms with Gasteiger partial charge in [0.05, 0.1) is 30.1 Å². The zero-order valence-electron chi connectivity index (χ0n) is 25.5. The number of benzene rings is 2. The largest absolute Gasteiger partial charge is 0.389 e. The van der Waals surface area contributed by atoms with Gasteiger partial charge in [-0.25, -0.2) is 4.98 Å². The van der Waals surface area contributed by atoms with Crippen molar-refractivity contribution in [2.45, 2.75) is 82.8 Å². The number of para-hydroxylation sites is 1. The van der Waals surface area contributed by atoms with Crippen molar-refractivity contribution in [1.29, 1.82) is 0 Å². The molecular formula is C33H42N6O5. The fourth-order valence-corrected chi connectivity index (χ4v) is 5.69. The van der Waals surface area contributed by atoms with Crippen LogP contribution in [0.3, 0.4) is 0 Å². The molecule has 2 aromatic carbocycles. The number of nitrogens with zero attached hydrogens (tertiary/aromatic N) is 3. The minimum atomic E-state index is -1.50. The van der Waals surface area contributed by atoms with Gasteiger partial charge in [-0.05, 0) is 70.7 Å². The fourth-order valence-electron chi connectivity index (χ4n) is 5.69. The molecule has 1 unspecified atom stereocenters. The molecule has 1 aliphatic heterocycles. The second-order valence-electron chi connectivity index (χ2n) is 12.2. The first-order chi connectivity index (χ1) is 20.9. The van der Waals surface area contributed by atoms with E-state index in [0.717, 1.165) is 22.3 Å². The number of hydrogen-bond donors (Lipinski definition) is 4. The Morgan fingerprint density at radius 2 is 1.73 bits per heavy atom. The zero-order valence-corrected chi connectivity index (χ0v) is 25.5. The number of nitrogens with two attached hydrogens (primary N) is 2. The van der Waals surface area contributed by atoms with E-state index < -0.39 is 54.4 Å². The maximum atomic E-state index is 14.2. The summed E-state index contributed by atoms with van der Waals surface area (Å²) in [6, 6.07) is 17.7. The highest BCUT2D eigenvalue weighted by Gasteiger charge is 2.43. The maximum Gasteiger partial charge on any atom is 0.280 e. The molecule has 4 rings (SSSR count). The molecule has 1 saturated heterocycles. The molecule has 0 bridgehead atoms. The summed E-state index contributed by atoms with van der Waals surface area (Å²) in [5.74, 6) is -3.10. The van der Waals surface area contributed by atoms with E-state index in [9.17, 15) is 24.3 Å². The Hall–Kier alpha value is -4.19. The van der Waals surface area contributed by atoms with Gasteiger partial charge in [0.1, 0.15) is 11.9 Å². The predicted molar refractivity (Wildman–Crippen MR) is 167 cm³/mol. The molecule has 11 heteroatoms. The second kappa shape index (κ2) is 14.1. The summed E-state index contributed by atoms with van der Waals surface area (Å²) >= 11 is 0. The van der Waals surface area contributed by atoms with Crippen molar-refractivity contribution in [2.75, 3.05) is 6.54 Å². The number of nitrogens with one attached hydrogen (secondary N) is 1. The lowest BCUT2D eigenvalue weighted by atomic mass is 10.0. The molecule has 1 aliphatic rings. The van der Waals surface area contributed by atoms with Crippen LogP contribution in [0.5, 0.6) is 0 Å². The van der Waals surface area contributed by atoms with Crippen LogP contribution < -0.4 is 16.8 Å². The van der Waals surface area contributed by atoms with Crippen molar-refractivity contribution < 1.29 is 24.3 Å². The molecule has 44 heavy (non-hydrogen) atoms. The van der Waals surface area contributed by atoms with E-state index in [-0.39, 0.29) is 17.7 Å². The molecule has 0 radical (unpaired) electrons. The van der Waals surface area contributed by atoms with Crippen LogP contribution in [0.2, 0.25) is 0 Å². The Balaban J connectivity index is 1.74. The van der Waals surface area contributed by atoms with Gasteiger partial charge in [-0.2, -0.15) is 0 Å². The quantitative estimate of drug-likeness (QED) is 0.242. The van der Waals surface area contributed by atoms with Crippen molar-refractivity contribution in [2.24, 2.45) is 11.5 Å². The van der Waals surface area contributed by atoms with Crippen molar-refractivity contribution in [1.82, 2.24) is 20.1 Å². The summed E-state index contributed by atoms with van der Waals surface area (Å²) in [7, 11) is 0. The van der Waals surface area contributed by atoms with E-state index >= 15 is 0 Å². The maximum absolute atomic E-state index is 14.2. The molecule has 0 aliphatic carbocycles. The van der Waals surface area contributed by atoms with Crippen LogP contribution in [0.25, 0.3) is 10.9 Å². The third kappa shape index (κ3) is 7.85. The number of imide groups is 1. The van der Waals surface area contributed by atoms with E-state index in [2.05, 4.69) is 15.2 Å². The van der Waals surface area contributed by atoms with E-state index in [4.69, 9.17) is 11.5 Å². The molecule has 6 N–H and O–H groups in total. The normalized spacial score (nSPS) is 17.5. The van der Waals surface area contributed by atoms with Crippen molar-refractivity contribution in [3.63, 3.8) is 0 Å². The van der Waals surface area contributed by atoms with Gasteiger partial charge in [0.15, 0.2) is 0 Å². The highest BCUT2D eigenvalue weighted by molar-refractivity contribution is 6.07. The average molecular weight is 603 g/mol. The molecule has 4 amide bonds. The lowest BCUT2D eigenvalue weighted by molar-refractivity contribution is -0.140. The number of carbonyl (C=O) groups excluding carboxylic acids is 4. The molecule has 11 nitrogen and oxygen atoms in total. The Morgan fingerprint density at radius 1 is 1.05 bits per heavy atom. The summed E-state index contributed by atoms with van der Waals surface area (Å²) in [5, 5.41) is 15.2. The lowest BCUT2D eigenvalue weighted by Crippen LogP contribution is -2.64. The molecule has 0 saturated carbocycles. The summed E-state index contributed by atoms with van der Waals surface area (Å²) in [6.45, 7) is 6.74. The molecule has 234 valence electrons. The van der Waals surface area contributed by atoms with Crippen LogP contribution in [0.4, 0.5) is 0 Å². The summed E-state index contributed by atoms with van der Waals surface area (Å²) < 4.78 is 0. The first-order valence-corrected chi connectivity index (χ1v) is 14.9. The number of aliphatic hydroxyl groups excluding tert-OH is 1. The number of aliphatic hydroxyl groups is 1.